The van der Waals surface area contributed by atoms with E-state index in [1.807, 2.05) is 24.3 Å². The summed E-state index contributed by atoms with van der Waals surface area (Å²) in [7, 11) is 0. The normalized spacial score (nSPS) is 17.1. The van der Waals surface area contributed by atoms with E-state index in [0.29, 0.717) is 12.5 Å². The molecule has 0 saturated carbocycles. The van der Waals surface area contributed by atoms with Gasteiger partial charge in [0, 0.05) is 6.54 Å². The number of ether oxygens (including phenoxy) is 1. The number of hydrogen-bond donors (Lipinski definition) is 0. The van der Waals surface area contributed by atoms with Crippen LogP contribution in [0.3, 0.4) is 0 Å². The van der Waals surface area contributed by atoms with Gasteiger partial charge in [-0.15, -0.1) is 0 Å². The molecule has 2 heterocycles. The smallest absolute Gasteiger partial charge is 0.262 e. The number of rotatable bonds is 7. The van der Waals surface area contributed by atoms with Crippen LogP contribution in [0.2, 0.25) is 0 Å². The van der Waals surface area contributed by atoms with Crippen molar-refractivity contribution in [1.82, 2.24) is 10.1 Å². The second kappa shape index (κ2) is 7.63. The highest BCUT2D eigenvalue weighted by Crippen LogP contribution is 2.25. The minimum Gasteiger partial charge on any atom is -0.474 e. The molecule has 4 heteroatoms. The summed E-state index contributed by atoms with van der Waals surface area (Å²) in [6, 6.07) is 7.82. The van der Waals surface area contributed by atoms with Crippen LogP contribution in [0.4, 0.5) is 0 Å². The van der Waals surface area contributed by atoms with E-state index in [2.05, 4.69) is 17.0 Å². The van der Waals surface area contributed by atoms with Crippen molar-refractivity contribution in [3.8, 4) is 5.88 Å². The van der Waals surface area contributed by atoms with Gasteiger partial charge in [-0.2, -0.15) is 0 Å². The molecular formula is C18H26N2O2. The average molecular weight is 302 g/mol. The van der Waals surface area contributed by atoms with E-state index in [1.165, 1.54) is 45.2 Å². The van der Waals surface area contributed by atoms with E-state index >= 15 is 0 Å². The molecule has 120 valence electrons. The van der Waals surface area contributed by atoms with Crippen molar-refractivity contribution < 1.29 is 9.26 Å². The van der Waals surface area contributed by atoms with Gasteiger partial charge in [-0.1, -0.05) is 38.3 Å². The van der Waals surface area contributed by atoms with E-state index < -0.39 is 0 Å². The van der Waals surface area contributed by atoms with Crippen LogP contribution < -0.4 is 4.74 Å². The van der Waals surface area contributed by atoms with Crippen molar-refractivity contribution >= 4 is 11.0 Å². The molecule has 1 saturated heterocycles. The average Bonchev–Trinajstić information content (AvgIpc) is 2.98. The van der Waals surface area contributed by atoms with Crippen LogP contribution in [0, 0.1) is 5.92 Å². The zero-order valence-corrected chi connectivity index (χ0v) is 13.5. The monoisotopic (exact) mass is 302 g/mol. The molecule has 0 amide bonds. The molecule has 0 spiro atoms. The lowest BCUT2D eigenvalue weighted by Gasteiger charge is -2.31. The molecule has 4 nitrogen and oxygen atoms in total. The van der Waals surface area contributed by atoms with E-state index in [0.717, 1.165) is 23.4 Å². The molecule has 0 bridgehead atoms. The van der Waals surface area contributed by atoms with Crippen molar-refractivity contribution in [1.29, 1.82) is 0 Å². The third kappa shape index (κ3) is 3.80. The number of nitrogens with zero attached hydrogens (tertiary/aromatic N) is 2. The van der Waals surface area contributed by atoms with E-state index in [9.17, 15) is 0 Å². The van der Waals surface area contributed by atoms with Crippen LogP contribution in [-0.2, 0) is 0 Å². The Bertz CT molecular complexity index is 573. The number of benzene rings is 1. The number of hydrogen-bond acceptors (Lipinski definition) is 4. The fourth-order valence-electron chi connectivity index (χ4n) is 3.23. The number of aromatic nitrogens is 1. The van der Waals surface area contributed by atoms with Crippen molar-refractivity contribution in [2.45, 2.75) is 39.0 Å². The molecule has 0 radical (unpaired) electrons. The zero-order chi connectivity index (χ0) is 15.2. The molecular weight excluding hydrogens is 276 g/mol. The predicted octanol–water partition coefficient (Wildman–Crippen LogP) is 4.11. The van der Waals surface area contributed by atoms with Crippen molar-refractivity contribution in [2.75, 3.05) is 26.2 Å². The summed E-state index contributed by atoms with van der Waals surface area (Å²) in [5.74, 6) is 1.56. The lowest BCUT2D eigenvalue weighted by atomic mass is 9.92. The Labute approximate surface area is 132 Å². The Morgan fingerprint density at radius 1 is 1.27 bits per heavy atom. The minimum absolute atomic E-state index is 0.619. The maximum absolute atomic E-state index is 5.81. The van der Waals surface area contributed by atoms with Crippen LogP contribution in [0.25, 0.3) is 11.0 Å². The highest BCUT2D eigenvalue weighted by molar-refractivity contribution is 5.81. The zero-order valence-electron chi connectivity index (χ0n) is 13.5. The lowest BCUT2D eigenvalue weighted by molar-refractivity contribution is 0.147. The molecule has 1 fully saturated rings. The molecule has 2 aromatic rings. The largest absolute Gasteiger partial charge is 0.474 e. The first-order valence-corrected chi connectivity index (χ1v) is 8.56. The third-order valence-electron chi connectivity index (χ3n) is 4.66. The van der Waals surface area contributed by atoms with E-state index in [4.69, 9.17) is 9.26 Å². The fraction of sp³-hybridized carbons (Fsp3) is 0.611. The maximum Gasteiger partial charge on any atom is 0.262 e. The van der Waals surface area contributed by atoms with Gasteiger partial charge in [-0.25, -0.2) is 0 Å². The second-order valence-corrected chi connectivity index (χ2v) is 6.26. The van der Waals surface area contributed by atoms with Crippen LogP contribution in [0.5, 0.6) is 5.88 Å². The van der Waals surface area contributed by atoms with Gasteiger partial charge < -0.3 is 9.26 Å². The van der Waals surface area contributed by atoms with Gasteiger partial charge in [-0.3, -0.25) is 4.90 Å². The van der Waals surface area contributed by atoms with Crippen LogP contribution in [-0.4, -0.2) is 36.3 Å². The number of fused-ring (bicyclic) bond motifs is 1. The summed E-state index contributed by atoms with van der Waals surface area (Å²) < 4.78 is 11.1. The van der Waals surface area contributed by atoms with Crippen molar-refractivity contribution in [3.63, 3.8) is 0 Å². The fourth-order valence-corrected chi connectivity index (χ4v) is 3.23. The lowest BCUT2D eigenvalue weighted by Crippen LogP contribution is -2.36. The second-order valence-electron chi connectivity index (χ2n) is 6.26. The molecule has 1 aliphatic heterocycles. The Balaban J connectivity index is 1.41. The van der Waals surface area contributed by atoms with Gasteiger partial charge in [0.15, 0.2) is 5.58 Å². The third-order valence-corrected chi connectivity index (χ3v) is 4.66. The standard InChI is InChI=1S/C18H26N2O2/c1-2-3-6-15-9-11-20(12-10-15)13-14-21-18-16-7-4-5-8-17(16)22-19-18/h4-5,7-8,15H,2-3,6,9-14H2,1H3. The molecule has 1 aliphatic rings. The SMILES string of the molecule is CCCCC1CCN(CCOc2noc3ccccc23)CC1. The molecule has 0 N–H and O–H groups in total. The molecule has 0 unspecified atom stereocenters. The molecule has 1 aromatic heterocycles. The number of likely N-dealkylation sites (tertiary alicyclic amines) is 1. The van der Waals surface area contributed by atoms with Gasteiger partial charge in [0.2, 0.25) is 0 Å². The van der Waals surface area contributed by atoms with Gasteiger partial charge >= 0.3 is 0 Å². The molecule has 3 rings (SSSR count). The summed E-state index contributed by atoms with van der Waals surface area (Å²) in [4.78, 5) is 2.50. The summed E-state index contributed by atoms with van der Waals surface area (Å²) in [6.07, 6.45) is 6.79. The van der Waals surface area contributed by atoms with Gasteiger partial charge in [0.25, 0.3) is 5.88 Å². The number of piperidine rings is 1. The Hall–Kier alpha value is -1.55. The van der Waals surface area contributed by atoms with Crippen molar-refractivity contribution in [2.24, 2.45) is 5.92 Å². The summed E-state index contributed by atoms with van der Waals surface area (Å²) >= 11 is 0. The van der Waals surface area contributed by atoms with Crippen LogP contribution >= 0.6 is 0 Å². The molecule has 1 aromatic carbocycles. The Morgan fingerprint density at radius 3 is 2.91 bits per heavy atom. The first-order valence-electron chi connectivity index (χ1n) is 8.56. The molecule has 0 atom stereocenters. The summed E-state index contributed by atoms with van der Waals surface area (Å²) in [6.45, 7) is 6.34. The summed E-state index contributed by atoms with van der Waals surface area (Å²) in [5.41, 5.74) is 0.786. The molecule has 0 aliphatic carbocycles. The first kappa shape index (κ1) is 15.3. The highest BCUT2D eigenvalue weighted by Gasteiger charge is 2.18. The van der Waals surface area contributed by atoms with Gasteiger partial charge in [0.05, 0.1) is 5.39 Å². The first-order chi connectivity index (χ1) is 10.9. The topological polar surface area (TPSA) is 38.5 Å². The number of unbranched alkanes of at least 4 members (excludes halogenated alkanes) is 1. The van der Waals surface area contributed by atoms with Gasteiger partial charge in [0.1, 0.15) is 6.61 Å². The van der Waals surface area contributed by atoms with E-state index in [1.54, 1.807) is 0 Å². The summed E-state index contributed by atoms with van der Waals surface area (Å²) in [5, 5.41) is 4.97. The van der Waals surface area contributed by atoms with Crippen molar-refractivity contribution in [3.05, 3.63) is 24.3 Å². The van der Waals surface area contributed by atoms with Crippen LogP contribution in [0.15, 0.2) is 28.8 Å². The Morgan fingerprint density at radius 2 is 2.09 bits per heavy atom. The minimum atomic E-state index is 0.619. The quantitative estimate of drug-likeness (QED) is 0.771. The predicted molar refractivity (Wildman–Crippen MR) is 88.2 cm³/mol. The van der Waals surface area contributed by atoms with E-state index in [-0.39, 0.29) is 0 Å². The highest BCUT2D eigenvalue weighted by atomic mass is 16.5. The van der Waals surface area contributed by atoms with Gasteiger partial charge in [-0.05, 0) is 49.1 Å². The van der Waals surface area contributed by atoms with Crippen LogP contribution in [0.1, 0.15) is 39.0 Å². The maximum atomic E-state index is 5.81. The Kier molecular flexibility index (Phi) is 5.33. The molecule has 22 heavy (non-hydrogen) atoms. The number of para-hydroxylation sites is 1.